The molecule has 0 saturated heterocycles. The van der Waals surface area contributed by atoms with E-state index in [0.717, 1.165) is 17.7 Å². The van der Waals surface area contributed by atoms with Gasteiger partial charge < -0.3 is 15.2 Å². The lowest BCUT2D eigenvalue weighted by Crippen LogP contribution is -2.05. The van der Waals surface area contributed by atoms with Gasteiger partial charge >= 0.3 is 0 Å². The molecule has 16 heavy (non-hydrogen) atoms. The lowest BCUT2D eigenvalue weighted by atomic mass is 9.96. The van der Waals surface area contributed by atoms with Gasteiger partial charge in [0.15, 0.2) is 0 Å². The molecule has 0 aliphatic rings. The average molecular weight is 223 g/mol. The molecule has 3 heteroatoms. The highest BCUT2D eigenvalue weighted by Crippen LogP contribution is 2.25. The van der Waals surface area contributed by atoms with Crippen LogP contribution in [-0.2, 0) is 11.3 Å². The molecule has 0 aliphatic carbocycles. The number of ether oxygens (including phenoxy) is 2. The number of hydrogen-bond acceptors (Lipinski definition) is 3. The van der Waals surface area contributed by atoms with Gasteiger partial charge in [-0.3, -0.25) is 0 Å². The molecule has 0 saturated carbocycles. The van der Waals surface area contributed by atoms with Crippen LogP contribution in [0, 0.1) is 0 Å². The minimum atomic E-state index is 0.454. The molecule has 1 aromatic rings. The third-order valence-electron chi connectivity index (χ3n) is 2.70. The molecule has 0 amide bonds. The second-order valence-corrected chi connectivity index (χ2v) is 4.03. The maximum atomic E-state index is 5.58. The minimum Gasteiger partial charge on any atom is -0.497 e. The summed E-state index contributed by atoms with van der Waals surface area (Å²) < 4.78 is 10.4. The van der Waals surface area contributed by atoms with Crippen molar-refractivity contribution in [3.8, 4) is 5.75 Å². The molecule has 2 N–H and O–H groups in total. The van der Waals surface area contributed by atoms with E-state index in [1.165, 1.54) is 5.56 Å². The Hall–Kier alpha value is -1.06. The van der Waals surface area contributed by atoms with E-state index < -0.39 is 0 Å². The van der Waals surface area contributed by atoms with Gasteiger partial charge in [-0.05, 0) is 42.1 Å². The Kier molecular flexibility index (Phi) is 5.29. The predicted octanol–water partition coefficient (Wildman–Crippen LogP) is 2.29. The summed E-state index contributed by atoms with van der Waals surface area (Å²) >= 11 is 0. The summed E-state index contributed by atoms with van der Waals surface area (Å²) in [5.41, 5.74) is 7.98. The Morgan fingerprint density at radius 2 is 2.00 bits per heavy atom. The van der Waals surface area contributed by atoms with E-state index in [1.54, 1.807) is 14.2 Å². The van der Waals surface area contributed by atoms with Gasteiger partial charge in [0.1, 0.15) is 5.75 Å². The highest BCUT2D eigenvalue weighted by atomic mass is 16.5. The van der Waals surface area contributed by atoms with Gasteiger partial charge in [-0.25, -0.2) is 0 Å². The summed E-state index contributed by atoms with van der Waals surface area (Å²) in [7, 11) is 3.38. The molecule has 0 fully saturated rings. The van der Waals surface area contributed by atoms with Crippen LogP contribution in [0.25, 0.3) is 0 Å². The van der Waals surface area contributed by atoms with Crippen molar-refractivity contribution >= 4 is 0 Å². The largest absolute Gasteiger partial charge is 0.497 e. The van der Waals surface area contributed by atoms with Gasteiger partial charge in [-0.2, -0.15) is 0 Å². The summed E-state index contributed by atoms with van der Waals surface area (Å²) in [4.78, 5) is 0. The fraction of sp³-hybridized carbons (Fsp3) is 0.538. The molecule has 0 heterocycles. The third-order valence-corrected chi connectivity index (χ3v) is 2.70. The standard InChI is InChI=1S/C13H21NO2/c1-10(4-5-14)12-6-11(9-15-2)7-13(8-12)16-3/h6-8,10H,4-5,9,14H2,1-3H3. The van der Waals surface area contributed by atoms with Crippen LogP contribution >= 0.6 is 0 Å². The number of methoxy groups -OCH3 is 2. The van der Waals surface area contributed by atoms with Crippen LogP contribution in [-0.4, -0.2) is 20.8 Å². The fourth-order valence-electron chi connectivity index (χ4n) is 1.76. The van der Waals surface area contributed by atoms with Crippen molar-refractivity contribution < 1.29 is 9.47 Å². The van der Waals surface area contributed by atoms with E-state index in [0.29, 0.717) is 19.1 Å². The zero-order valence-electron chi connectivity index (χ0n) is 10.3. The first-order chi connectivity index (χ1) is 7.71. The van der Waals surface area contributed by atoms with Crippen LogP contribution in [0.5, 0.6) is 5.75 Å². The minimum absolute atomic E-state index is 0.454. The number of benzene rings is 1. The monoisotopic (exact) mass is 223 g/mol. The SMILES string of the molecule is COCc1cc(OC)cc(C(C)CCN)c1. The third kappa shape index (κ3) is 3.51. The van der Waals surface area contributed by atoms with Crippen molar-refractivity contribution in [2.75, 3.05) is 20.8 Å². The van der Waals surface area contributed by atoms with Crippen molar-refractivity contribution in [1.29, 1.82) is 0 Å². The zero-order valence-corrected chi connectivity index (χ0v) is 10.3. The second-order valence-electron chi connectivity index (χ2n) is 4.03. The Morgan fingerprint density at radius 3 is 2.56 bits per heavy atom. The van der Waals surface area contributed by atoms with Crippen LogP contribution in [0.2, 0.25) is 0 Å². The van der Waals surface area contributed by atoms with Crippen molar-refractivity contribution in [3.63, 3.8) is 0 Å². The molecule has 0 aliphatic heterocycles. The Morgan fingerprint density at radius 1 is 1.25 bits per heavy atom. The zero-order chi connectivity index (χ0) is 12.0. The number of nitrogens with two attached hydrogens (primary N) is 1. The molecule has 3 nitrogen and oxygen atoms in total. The van der Waals surface area contributed by atoms with Gasteiger partial charge in [0, 0.05) is 7.11 Å². The summed E-state index contributed by atoms with van der Waals surface area (Å²) in [6, 6.07) is 6.23. The van der Waals surface area contributed by atoms with Crippen molar-refractivity contribution in [2.45, 2.75) is 25.9 Å². The Labute approximate surface area is 97.6 Å². The summed E-state index contributed by atoms with van der Waals surface area (Å²) in [6.07, 6.45) is 0.986. The first-order valence-corrected chi connectivity index (χ1v) is 5.58. The average Bonchev–Trinajstić information content (AvgIpc) is 2.29. The molecule has 0 radical (unpaired) electrons. The molecular formula is C13H21NO2. The summed E-state index contributed by atoms with van der Waals surface area (Å²) in [6.45, 7) is 3.50. The van der Waals surface area contributed by atoms with Gasteiger partial charge in [-0.15, -0.1) is 0 Å². The molecule has 1 aromatic carbocycles. The van der Waals surface area contributed by atoms with Crippen LogP contribution in [0.1, 0.15) is 30.4 Å². The van der Waals surface area contributed by atoms with E-state index in [2.05, 4.69) is 19.1 Å². The molecule has 0 spiro atoms. The summed E-state index contributed by atoms with van der Waals surface area (Å²) in [5, 5.41) is 0. The Balaban J connectivity index is 2.93. The van der Waals surface area contributed by atoms with E-state index in [1.807, 2.05) is 6.07 Å². The lowest BCUT2D eigenvalue weighted by Gasteiger charge is -2.14. The molecular weight excluding hydrogens is 202 g/mol. The lowest BCUT2D eigenvalue weighted by molar-refractivity contribution is 0.184. The van der Waals surface area contributed by atoms with Gasteiger partial charge in [0.2, 0.25) is 0 Å². The summed E-state index contributed by atoms with van der Waals surface area (Å²) in [5.74, 6) is 1.34. The number of rotatable bonds is 6. The van der Waals surface area contributed by atoms with Crippen molar-refractivity contribution in [2.24, 2.45) is 5.73 Å². The molecule has 90 valence electrons. The van der Waals surface area contributed by atoms with E-state index in [4.69, 9.17) is 15.2 Å². The van der Waals surface area contributed by atoms with Gasteiger partial charge in [-0.1, -0.05) is 13.0 Å². The van der Waals surface area contributed by atoms with Gasteiger partial charge in [0.05, 0.1) is 13.7 Å². The normalized spacial score (nSPS) is 12.5. The van der Waals surface area contributed by atoms with Crippen LogP contribution in [0.15, 0.2) is 18.2 Å². The van der Waals surface area contributed by atoms with Crippen LogP contribution in [0.4, 0.5) is 0 Å². The molecule has 0 bridgehead atoms. The van der Waals surface area contributed by atoms with Gasteiger partial charge in [0.25, 0.3) is 0 Å². The highest BCUT2D eigenvalue weighted by Gasteiger charge is 2.08. The maximum Gasteiger partial charge on any atom is 0.119 e. The number of hydrogen-bond donors (Lipinski definition) is 1. The first kappa shape index (κ1) is 13.0. The smallest absolute Gasteiger partial charge is 0.119 e. The van der Waals surface area contributed by atoms with Crippen LogP contribution in [0.3, 0.4) is 0 Å². The van der Waals surface area contributed by atoms with Crippen LogP contribution < -0.4 is 10.5 Å². The quantitative estimate of drug-likeness (QED) is 0.804. The first-order valence-electron chi connectivity index (χ1n) is 5.58. The van der Waals surface area contributed by atoms with E-state index >= 15 is 0 Å². The van der Waals surface area contributed by atoms with E-state index in [9.17, 15) is 0 Å². The fourth-order valence-corrected chi connectivity index (χ4v) is 1.76. The molecule has 1 unspecified atom stereocenters. The highest BCUT2D eigenvalue weighted by molar-refractivity contribution is 5.36. The molecule has 1 rings (SSSR count). The van der Waals surface area contributed by atoms with Crippen molar-refractivity contribution in [1.82, 2.24) is 0 Å². The predicted molar refractivity (Wildman–Crippen MR) is 65.8 cm³/mol. The molecule has 1 atom stereocenters. The molecule has 0 aromatic heterocycles. The topological polar surface area (TPSA) is 44.5 Å². The van der Waals surface area contributed by atoms with Crippen molar-refractivity contribution in [3.05, 3.63) is 29.3 Å². The van der Waals surface area contributed by atoms with E-state index in [-0.39, 0.29) is 0 Å². The maximum absolute atomic E-state index is 5.58. The second kappa shape index (κ2) is 6.51. The Bertz CT molecular complexity index is 326.